The Bertz CT molecular complexity index is 597. The molecule has 7 heteroatoms. The summed E-state index contributed by atoms with van der Waals surface area (Å²) in [5.41, 5.74) is 0.862. The molecule has 1 saturated heterocycles. The molecule has 1 fully saturated rings. The molecule has 1 aliphatic heterocycles. The fourth-order valence-electron chi connectivity index (χ4n) is 2.39. The molecular formula is C11H13N5O2. The zero-order chi connectivity index (χ0) is 12.5. The van der Waals surface area contributed by atoms with Gasteiger partial charge in [-0.2, -0.15) is 5.10 Å². The van der Waals surface area contributed by atoms with Gasteiger partial charge in [-0.25, -0.2) is 4.79 Å². The van der Waals surface area contributed by atoms with E-state index in [1.807, 2.05) is 6.07 Å². The molecule has 94 valence electrons. The van der Waals surface area contributed by atoms with Crippen molar-refractivity contribution in [2.75, 3.05) is 6.54 Å². The highest BCUT2D eigenvalue weighted by Gasteiger charge is 2.31. The molecule has 0 bridgehead atoms. The fourth-order valence-corrected chi connectivity index (χ4v) is 2.39. The van der Waals surface area contributed by atoms with E-state index in [2.05, 4.69) is 20.2 Å². The van der Waals surface area contributed by atoms with Gasteiger partial charge >= 0.3 is 5.69 Å². The Kier molecular flexibility index (Phi) is 2.51. The average Bonchev–Trinajstić information content (AvgIpc) is 3.08. The summed E-state index contributed by atoms with van der Waals surface area (Å²) in [6.07, 6.45) is 4.94. The minimum Gasteiger partial charge on any atom is -0.329 e. The van der Waals surface area contributed by atoms with E-state index in [1.165, 1.54) is 6.20 Å². The Morgan fingerprint density at radius 3 is 3.06 bits per heavy atom. The zero-order valence-electron chi connectivity index (χ0n) is 9.64. The molecule has 1 unspecified atom stereocenters. The van der Waals surface area contributed by atoms with Crippen molar-refractivity contribution < 1.29 is 4.79 Å². The summed E-state index contributed by atoms with van der Waals surface area (Å²) in [5.74, 6) is -0.162. The first-order valence-electron chi connectivity index (χ1n) is 5.83. The maximum atomic E-state index is 12.3. The molecule has 3 N–H and O–H groups in total. The molecule has 18 heavy (non-hydrogen) atoms. The second kappa shape index (κ2) is 4.17. The van der Waals surface area contributed by atoms with Crippen molar-refractivity contribution in [1.82, 2.24) is 25.1 Å². The molecule has 1 atom stereocenters. The molecule has 0 spiro atoms. The number of H-pyrrole nitrogens is 3. The van der Waals surface area contributed by atoms with Crippen LogP contribution in [0.4, 0.5) is 0 Å². The van der Waals surface area contributed by atoms with Gasteiger partial charge in [0.1, 0.15) is 5.69 Å². The summed E-state index contributed by atoms with van der Waals surface area (Å²) in [6, 6.07) is 1.88. The number of carbonyl (C=O) groups is 1. The molecule has 7 nitrogen and oxygen atoms in total. The Morgan fingerprint density at radius 2 is 2.39 bits per heavy atom. The lowest BCUT2D eigenvalue weighted by atomic mass is 10.1. The maximum Gasteiger partial charge on any atom is 0.323 e. The van der Waals surface area contributed by atoms with Crippen molar-refractivity contribution in [3.8, 4) is 0 Å². The lowest BCUT2D eigenvalue weighted by Crippen LogP contribution is -2.31. The molecule has 1 aliphatic rings. The molecule has 0 aromatic carbocycles. The fraction of sp³-hybridized carbons (Fsp3) is 0.364. The lowest BCUT2D eigenvalue weighted by molar-refractivity contribution is 0.0727. The number of imidazole rings is 1. The van der Waals surface area contributed by atoms with Gasteiger partial charge in [0.15, 0.2) is 0 Å². The summed E-state index contributed by atoms with van der Waals surface area (Å²) in [7, 11) is 0. The lowest BCUT2D eigenvalue weighted by Gasteiger charge is -2.22. The SMILES string of the molecule is O=C(c1c[nH]c(=O)[nH]1)N1CCCC1c1ccn[nH]1. The summed E-state index contributed by atoms with van der Waals surface area (Å²) < 4.78 is 0. The molecule has 3 rings (SSSR count). The van der Waals surface area contributed by atoms with Gasteiger partial charge in [0, 0.05) is 18.9 Å². The number of aromatic amines is 3. The molecule has 0 saturated carbocycles. The first-order valence-corrected chi connectivity index (χ1v) is 5.83. The van der Waals surface area contributed by atoms with Crippen LogP contribution in [0.2, 0.25) is 0 Å². The first kappa shape index (κ1) is 10.8. The average molecular weight is 247 g/mol. The Balaban J connectivity index is 1.87. The van der Waals surface area contributed by atoms with Crippen molar-refractivity contribution in [3.05, 3.63) is 40.3 Å². The van der Waals surface area contributed by atoms with Crippen LogP contribution in [0.1, 0.15) is 35.1 Å². The van der Waals surface area contributed by atoms with Gasteiger partial charge in [0.25, 0.3) is 5.91 Å². The molecule has 2 aromatic heterocycles. The van der Waals surface area contributed by atoms with Crippen molar-refractivity contribution in [3.63, 3.8) is 0 Å². The van der Waals surface area contributed by atoms with Crippen LogP contribution in [-0.4, -0.2) is 37.5 Å². The van der Waals surface area contributed by atoms with Crippen LogP contribution in [0.25, 0.3) is 0 Å². The van der Waals surface area contributed by atoms with E-state index in [4.69, 9.17) is 0 Å². The van der Waals surface area contributed by atoms with E-state index in [0.717, 1.165) is 18.5 Å². The van der Waals surface area contributed by atoms with Gasteiger partial charge in [-0.15, -0.1) is 0 Å². The zero-order valence-corrected chi connectivity index (χ0v) is 9.64. The van der Waals surface area contributed by atoms with Crippen molar-refractivity contribution in [1.29, 1.82) is 0 Å². The Hall–Kier alpha value is -2.31. The minimum atomic E-state index is -0.365. The molecule has 0 aliphatic carbocycles. The third kappa shape index (κ3) is 1.73. The van der Waals surface area contributed by atoms with Crippen molar-refractivity contribution >= 4 is 5.91 Å². The van der Waals surface area contributed by atoms with Crippen LogP contribution in [0.5, 0.6) is 0 Å². The molecular weight excluding hydrogens is 234 g/mol. The van der Waals surface area contributed by atoms with E-state index in [1.54, 1.807) is 11.1 Å². The van der Waals surface area contributed by atoms with Gasteiger partial charge in [-0.1, -0.05) is 0 Å². The predicted octanol–water partition coefficient (Wildman–Crippen LogP) is 0.403. The molecule has 3 heterocycles. The standard InChI is InChI=1S/C11H13N5O2/c17-10(8-6-12-11(18)14-8)16-5-1-2-9(16)7-3-4-13-15-7/h3-4,6,9H,1-2,5H2,(H,13,15)(H2,12,14,18). The topological polar surface area (TPSA) is 97.6 Å². The monoisotopic (exact) mass is 247 g/mol. The number of likely N-dealkylation sites (tertiary alicyclic amines) is 1. The molecule has 0 radical (unpaired) electrons. The smallest absolute Gasteiger partial charge is 0.323 e. The van der Waals surface area contributed by atoms with Crippen LogP contribution in [-0.2, 0) is 0 Å². The summed E-state index contributed by atoms with van der Waals surface area (Å²) in [4.78, 5) is 30.0. The predicted molar refractivity (Wildman–Crippen MR) is 63.0 cm³/mol. The minimum absolute atomic E-state index is 0.0124. The number of carbonyl (C=O) groups excluding carboxylic acids is 1. The normalized spacial score (nSPS) is 19.3. The number of amides is 1. The van der Waals surface area contributed by atoms with Gasteiger partial charge in [-0.05, 0) is 18.9 Å². The van der Waals surface area contributed by atoms with Crippen LogP contribution in [0, 0.1) is 0 Å². The van der Waals surface area contributed by atoms with E-state index in [-0.39, 0.29) is 17.6 Å². The van der Waals surface area contributed by atoms with Gasteiger partial charge in [0.2, 0.25) is 0 Å². The summed E-state index contributed by atoms with van der Waals surface area (Å²) >= 11 is 0. The third-order valence-electron chi connectivity index (χ3n) is 3.22. The maximum absolute atomic E-state index is 12.3. The van der Waals surface area contributed by atoms with Gasteiger partial charge in [-0.3, -0.25) is 9.89 Å². The van der Waals surface area contributed by atoms with Gasteiger partial charge in [0.05, 0.1) is 11.7 Å². The second-order valence-corrected chi connectivity index (χ2v) is 4.33. The molecule has 2 aromatic rings. The van der Waals surface area contributed by atoms with E-state index in [9.17, 15) is 9.59 Å². The number of rotatable bonds is 2. The van der Waals surface area contributed by atoms with Crippen LogP contribution < -0.4 is 5.69 Å². The van der Waals surface area contributed by atoms with Crippen molar-refractivity contribution in [2.24, 2.45) is 0 Å². The van der Waals surface area contributed by atoms with E-state index >= 15 is 0 Å². The number of nitrogens with zero attached hydrogens (tertiary/aromatic N) is 2. The highest BCUT2D eigenvalue weighted by atomic mass is 16.2. The second-order valence-electron chi connectivity index (χ2n) is 4.33. The number of hydrogen-bond acceptors (Lipinski definition) is 3. The van der Waals surface area contributed by atoms with Crippen molar-refractivity contribution in [2.45, 2.75) is 18.9 Å². The quantitative estimate of drug-likeness (QED) is 0.716. The summed E-state index contributed by atoms with van der Waals surface area (Å²) in [5, 5.41) is 6.81. The third-order valence-corrected chi connectivity index (χ3v) is 3.22. The van der Waals surface area contributed by atoms with E-state index < -0.39 is 0 Å². The number of aromatic nitrogens is 4. The number of nitrogens with one attached hydrogen (secondary N) is 3. The highest BCUT2D eigenvalue weighted by molar-refractivity contribution is 5.92. The largest absolute Gasteiger partial charge is 0.329 e. The highest BCUT2D eigenvalue weighted by Crippen LogP contribution is 2.31. The van der Waals surface area contributed by atoms with Crippen LogP contribution >= 0.6 is 0 Å². The van der Waals surface area contributed by atoms with Gasteiger partial charge < -0.3 is 14.9 Å². The Labute approximate surface area is 102 Å². The molecule has 1 amide bonds. The van der Waals surface area contributed by atoms with E-state index in [0.29, 0.717) is 12.2 Å². The Morgan fingerprint density at radius 1 is 1.50 bits per heavy atom. The summed E-state index contributed by atoms with van der Waals surface area (Å²) in [6.45, 7) is 0.690. The van der Waals surface area contributed by atoms with Crippen LogP contribution in [0.3, 0.4) is 0 Å². The van der Waals surface area contributed by atoms with Crippen LogP contribution in [0.15, 0.2) is 23.3 Å². The first-order chi connectivity index (χ1) is 8.75. The number of hydrogen-bond donors (Lipinski definition) is 3.